The van der Waals surface area contributed by atoms with Crippen molar-refractivity contribution in [1.82, 2.24) is 9.97 Å². The number of nitrogens with one attached hydrogen (secondary N) is 1. The van der Waals surface area contributed by atoms with Gasteiger partial charge in [-0.25, -0.2) is 0 Å². The number of rotatable bonds is 5. The molecule has 1 N–H and O–H groups in total. The lowest BCUT2D eigenvalue weighted by molar-refractivity contribution is -0.384. The maximum Gasteiger partial charge on any atom is 0.292 e. The molecule has 0 saturated heterocycles. The van der Waals surface area contributed by atoms with Crippen molar-refractivity contribution in [2.75, 3.05) is 12.4 Å². The lowest BCUT2D eigenvalue weighted by Gasteiger charge is -2.08. The van der Waals surface area contributed by atoms with Gasteiger partial charge in [0, 0.05) is 18.3 Å². The third-order valence-corrected chi connectivity index (χ3v) is 2.69. The van der Waals surface area contributed by atoms with E-state index in [4.69, 9.17) is 4.74 Å². The Morgan fingerprint density at radius 1 is 1.35 bits per heavy atom. The summed E-state index contributed by atoms with van der Waals surface area (Å²) in [6.45, 7) is 2.19. The highest BCUT2D eigenvalue weighted by Crippen LogP contribution is 2.29. The minimum absolute atomic E-state index is 0.00845. The maximum atomic E-state index is 11.0. The van der Waals surface area contributed by atoms with Crippen molar-refractivity contribution in [3.63, 3.8) is 0 Å². The predicted molar refractivity (Wildman–Crippen MR) is 73.7 cm³/mol. The van der Waals surface area contributed by atoms with Crippen molar-refractivity contribution in [3.05, 3.63) is 52.1 Å². The first-order chi connectivity index (χ1) is 9.60. The second-order valence-electron chi connectivity index (χ2n) is 4.14. The number of hydrogen-bond donors (Lipinski definition) is 1. The molecule has 0 radical (unpaired) electrons. The summed E-state index contributed by atoms with van der Waals surface area (Å²) >= 11 is 0. The standard InChI is InChI=1S/C13H14N4O3/c1-9-6-15-10(7-14-9)8-16-12-5-11(20-2)3-4-13(12)17(18)19/h3-7,16H,8H2,1-2H3. The number of nitrogens with zero attached hydrogens (tertiary/aromatic N) is 3. The molecule has 2 rings (SSSR count). The zero-order chi connectivity index (χ0) is 14.5. The van der Waals surface area contributed by atoms with E-state index in [1.807, 2.05) is 6.92 Å². The molecule has 20 heavy (non-hydrogen) atoms. The molecule has 0 unspecified atom stereocenters. The number of nitro groups is 1. The average molecular weight is 274 g/mol. The van der Waals surface area contributed by atoms with Gasteiger partial charge in [-0.3, -0.25) is 20.1 Å². The third-order valence-electron chi connectivity index (χ3n) is 2.69. The van der Waals surface area contributed by atoms with E-state index < -0.39 is 4.92 Å². The second kappa shape index (κ2) is 5.96. The highest BCUT2D eigenvalue weighted by Gasteiger charge is 2.14. The molecule has 0 amide bonds. The molecule has 104 valence electrons. The van der Waals surface area contributed by atoms with Gasteiger partial charge in [0.2, 0.25) is 0 Å². The van der Waals surface area contributed by atoms with Crippen molar-refractivity contribution < 1.29 is 9.66 Å². The van der Waals surface area contributed by atoms with Crippen molar-refractivity contribution in [2.24, 2.45) is 0 Å². The lowest BCUT2D eigenvalue weighted by Crippen LogP contribution is -2.05. The van der Waals surface area contributed by atoms with Gasteiger partial charge in [0.1, 0.15) is 11.4 Å². The van der Waals surface area contributed by atoms with Gasteiger partial charge in [0.05, 0.1) is 36.2 Å². The molecule has 0 saturated carbocycles. The number of anilines is 1. The molecule has 0 aliphatic heterocycles. The van der Waals surface area contributed by atoms with Gasteiger partial charge < -0.3 is 10.1 Å². The van der Waals surface area contributed by atoms with E-state index in [0.717, 1.165) is 5.69 Å². The van der Waals surface area contributed by atoms with E-state index >= 15 is 0 Å². The van der Waals surface area contributed by atoms with Crippen LogP contribution in [-0.2, 0) is 6.54 Å². The highest BCUT2D eigenvalue weighted by atomic mass is 16.6. The summed E-state index contributed by atoms with van der Waals surface area (Å²) in [6.07, 6.45) is 3.28. The number of aromatic nitrogens is 2. The van der Waals surface area contributed by atoms with Crippen molar-refractivity contribution in [3.8, 4) is 5.75 Å². The number of nitro benzene ring substituents is 1. The molecule has 0 spiro atoms. The Balaban J connectivity index is 2.18. The molecular weight excluding hydrogens is 260 g/mol. The lowest BCUT2D eigenvalue weighted by atomic mass is 10.2. The Hall–Kier alpha value is -2.70. The number of benzene rings is 1. The van der Waals surface area contributed by atoms with E-state index in [9.17, 15) is 10.1 Å². The van der Waals surface area contributed by atoms with E-state index in [2.05, 4.69) is 15.3 Å². The summed E-state index contributed by atoms with van der Waals surface area (Å²) in [7, 11) is 1.51. The first kappa shape index (κ1) is 13.7. The van der Waals surface area contributed by atoms with Gasteiger partial charge in [-0.05, 0) is 13.0 Å². The van der Waals surface area contributed by atoms with Crippen LogP contribution in [0.4, 0.5) is 11.4 Å². The van der Waals surface area contributed by atoms with E-state index in [-0.39, 0.29) is 5.69 Å². The topological polar surface area (TPSA) is 90.2 Å². The molecule has 1 heterocycles. The normalized spacial score (nSPS) is 10.1. The summed E-state index contributed by atoms with van der Waals surface area (Å²) in [5.74, 6) is 0.549. The van der Waals surface area contributed by atoms with Crippen molar-refractivity contribution >= 4 is 11.4 Å². The second-order valence-corrected chi connectivity index (χ2v) is 4.14. The monoisotopic (exact) mass is 274 g/mol. The highest BCUT2D eigenvalue weighted by molar-refractivity contribution is 5.64. The van der Waals surface area contributed by atoms with E-state index in [0.29, 0.717) is 23.7 Å². The molecule has 7 nitrogen and oxygen atoms in total. The largest absolute Gasteiger partial charge is 0.497 e. The number of ether oxygens (including phenoxy) is 1. The minimum Gasteiger partial charge on any atom is -0.497 e. The Kier molecular flexibility index (Phi) is 4.09. The summed E-state index contributed by atoms with van der Waals surface area (Å²) in [5.41, 5.74) is 1.90. The molecule has 0 fully saturated rings. The predicted octanol–water partition coefficient (Wildman–Crippen LogP) is 2.31. The van der Waals surface area contributed by atoms with Crippen LogP contribution in [0.5, 0.6) is 5.75 Å². The van der Waals surface area contributed by atoms with Crippen LogP contribution in [0.15, 0.2) is 30.6 Å². The molecule has 2 aromatic rings. The van der Waals surface area contributed by atoms with E-state index in [1.54, 1.807) is 24.5 Å². The first-order valence-corrected chi connectivity index (χ1v) is 5.94. The average Bonchev–Trinajstić information content (AvgIpc) is 2.46. The van der Waals surface area contributed by atoms with Crippen LogP contribution >= 0.6 is 0 Å². The van der Waals surface area contributed by atoms with Gasteiger partial charge in [-0.1, -0.05) is 0 Å². The van der Waals surface area contributed by atoms with Gasteiger partial charge in [0.25, 0.3) is 5.69 Å². The van der Waals surface area contributed by atoms with Crippen LogP contribution in [0.25, 0.3) is 0 Å². The minimum atomic E-state index is -0.442. The quantitative estimate of drug-likeness (QED) is 0.664. The summed E-state index contributed by atoms with van der Waals surface area (Å²) in [6, 6.07) is 4.54. The van der Waals surface area contributed by atoms with Gasteiger partial charge >= 0.3 is 0 Å². The summed E-state index contributed by atoms with van der Waals surface area (Å²) in [4.78, 5) is 18.8. The van der Waals surface area contributed by atoms with Crippen LogP contribution in [-0.4, -0.2) is 22.0 Å². The van der Waals surface area contributed by atoms with Gasteiger partial charge in [-0.2, -0.15) is 0 Å². The Morgan fingerprint density at radius 3 is 2.75 bits per heavy atom. The molecular formula is C13H14N4O3. The zero-order valence-electron chi connectivity index (χ0n) is 11.2. The maximum absolute atomic E-state index is 11.0. The molecule has 0 aliphatic carbocycles. The fraction of sp³-hybridized carbons (Fsp3) is 0.231. The smallest absolute Gasteiger partial charge is 0.292 e. The Labute approximate surface area is 115 Å². The third kappa shape index (κ3) is 3.19. The molecule has 0 aliphatic rings. The van der Waals surface area contributed by atoms with Crippen LogP contribution in [0, 0.1) is 17.0 Å². The fourth-order valence-corrected chi connectivity index (χ4v) is 1.64. The molecule has 1 aromatic heterocycles. The van der Waals surface area contributed by atoms with Gasteiger partial charge in [-0.15, -0.1) is 0 Å². The summed E-state index contributed by atoms with van der Waals surface area (Å²) in [5, 5.41) is 14.0. The number of methoxy groups -OCH3 is 1. The van der Waals surface area contributed by atoms with Crippen LogP contribution in [0.1, 0.15) is 11.4 Å². The fourth-order valence-electron chi connectivity index (χ4n) is 1.64. The Bertz CT molecular complexity index is 614. The van der Waals surface area contributed by atoms with Crippen molar-refractivity contribution in [1.29, 1.82) is 0 Å². The molecule has 7 heteroatoms. The van der Waals surface area contributed by atoms with Crippen molar-refractivity contribution in [2.45, 2.75) is 13.5 Å². The van der Waals surface area contributed by atoms with Crippen LogP contribution in [0.2, 0.25) is 0 Å². The number of aryl methyl sites for hydroxylation is 1. The molecule has 0 bridgehead atoms. The Morgan fingerprint density at radius 2 is 2.15 bits per heavy atom. The SMILES string of the molecule is COc1ccc([N+](=O)[O-])c(NCc2cnc(C)cn2)c1. The first-order valence-electron chi connectivity index (χ1n) is 5.94. The summed E-state index contributed by atoms with van der Waals surface area (Å²) < 4.78 is 5.07. The number of hydrogen-bond acceptors (Lipinski definition) is 6. The molecule has 1 aromatic carbocycles. The van der Waals surface area contributed by atoms with Crippen LogP contribution < -0.4 is 10.1 Å². The molecule has 0 atom stereocenters. The van der Waals surface area contributed by atoms with Gasteiger partial charge in [0.15, 0.2) is 0 Å². The van der Waals surface area contributed by atoms with Crippen LogP contribution in [0.3, 0.4) is 0 Å². The van der Waals surface area contributed by atoms with E-state index in [1.165, 1.54) is 13.2 Å². The zero-order valence-corrected chi connectivity index (χ0v) is 11.2.